The molecule has 1 aliphatic carbocycles. The van der Waals surface area contributed by atoms with E-state index in [1.54, 1.807) is 0 Å². The summed E-state index contributed by atoms with van der Waals surface area (Å²) in [5, 5.41) is 8.93. The van der Waals surface area contributed by atoms with Crippen LogP contribution in [0.3, 0.4) is 0 Å². The van der Waals surface area contributed by atoms with E-state index in [1.807, 2.05) is 6.92 Å². The molecule has 0 bridgehead atoms. The maximum atomic E-state index is 10.1. The maximum absolute atomic E-state index is 10.1. The zero-order valence-electron chi connectivity index (χ0n) is 7.21. The first kappa shape index (κ1) is 8.96. The molecule has 1 saturated carbocycles. The van der Waals surface area contributed by atoms with Crippen LogP contribution in [0, 0.1) is 17.2 Å². The van der Waals surface area contributed by atoms with Gasteiger partial charge in [0, 0.05) is 0 Å². The van der Waals surface area contributed by atoms with Gasteiger partial charge in [0.15, 0.2) is 5.54 Å². The van der Waals surface area contributed by atoms with Gasteiger partial charge in [0.05, 0.1) is 6.07 Å². The van der Waals surface area contributed by atoms with Gasteiger partial charge in [0.1, 0.15) is 0 Å². The van der Waals surface area contributed by atoms with Crippen LogP contribution in [-0.4, -0.2) is 11.6 Å². The minimum Gasteiger partial charge on any atom is -0.211 e. The van der Waals surface area contributed by atoms with Crippen molar-refractivity contribution in [3.63, 3.8) is 0 Å². The van der Waals surface area contributed by atoms with Gasteiger partial charge in [-0.05, 0) is 31.6 Å². The van der Waals surface area contributed by atoms with Gasteiger partial charge in [-0.2, -0.15) is 10.3 Å². The molecular formula is C9H12N2O. The molecule has 12 heavy (non-hydrogen) atoms. The van der Waals surface area contributed by atoms with E-state index in [4.69, 9.17) is 5.26 Å². The fraction of sp³-hybridized carbons (Fsp3) is 0.778. The molecule has 0 radical (unpaired) electrons. The third-order valence-electron chi connectivity index (χ3n) is 2.72. The highest BCUT2D eigenvalue weighted by atomic mass is 16.1. The second kappa shape index (κ2) is 3.51. The van der Waals surface area contributed by atoms with Crippen LogP contribution in [0.1, 0.15) is 32.6 Å². The third kappa shape index (κ3) is 1.26. The Kier molecular flexibility index (Phi) is 2.62. The predicted molar refractivity (Wildman–Crippen MR) is 44.1 cm³/mol. The summed E-state index contributed by atoms with van der Waals surface area (Å²) in [6.45, 7) is 2.03. The Morgan fingerprint density at radius 3 is 3.00 bits per heavy atom. The van der Waals surface area contributed by atoms with E-state index in [0.29, 0.717) is 0 Å². The first-order valence-electron chi connectivity index (χ1n) is 4.29. The van der Waals surface area contributed by atoms with Crippen molar-refractivity contribution in [2.75, 3.05) is 0 Å². The standard InChI is InChI=1S/C9H12N2O/c1-2-8-4-3-5-9(8,6-10)11-7-12/h8H,2-5H2,1H3. The van der Waals surface area contributed by atoms with Crippen LogP contribution in [0.4, 0.5) is 0 Å². The van der Waals surface area contributed by atoms with Crippen molar-refractivity contribution in [3.05, 3.63) is 0 Å². The van der Waals surface area contributed by atoms with Gasteiger partial charge in [-0.25, -0.2) is 4.79 Å². The van der Waals surface area contributed by atoms with Crippen LogP contribution in [0.15, 0.2) is 4.99 Å². The second-order valence-electron chi connectivity index (χ2n) is 3.24. The second-order valence-corrected chi connectivity index (χ2v) is 3.24. The minimum atomic E-state index is -0.740. The summed E-state index contributed by atoms with van der Waals surface area (Å²) in [5.74, 6) is 0.254. The third-order valence-corrected chi connectivity index (χ3v) is 2.72. The van der Waals surface area contributed by atoms with Crippen LogP contribution < -0.4 is 0 Å². The van der Waals surface area contributed by atoms with Crippen molar-refractivity contribution in [2.45, 2.75) is 38.1 Å². The van der Waals surface area contributed by atoms with E-state index in [-0.39, 0.29) is 5.92 Å². The van der Waals surface area contributed by atoms with Gasteiger partial charge >= 0.3 is 0 Å². The van der Waals surface area contributed by atoms with E-state index in [9.17, 15) is 4.79 Å². The van der Waals surface area contributed by atoms with Crippen molar-refractivity contribution < 1.29 is 4.79 Å². The molecule has 0 aliphatic heterocycles. The van der Waals surface area contributed by atoms with E-state index < -0.39 is 5.54 Å². The van der Waals surface area contributed by atoms with E-state index in [0.717, 1.165) is 25.7 Å². The molecule has 2 unspecified atom stereocenters. The first-order valence-corrected chi connectivity index (χ1v) is 4.29. The average Bonchev–Trinajstić information content (AvgIpc) is 2.49. The Hall–Kier alpha value is -1.13. The van der Waals surface area contributed by atoms with Crippen molar-refractivity contribution >= 4 is 6.08 Å². The van der Waals surface area contributed by atoms with E-state index >= 15 is 0 Å². The highest BCUT2D eigenvalue weighted by Crippen LogP contribution is 2.39. The molecule has 0 amide bonds. The monoisotopic (exact) mass is 164 g/mol. The summed E-state index contributed by atoms with van der Waals surface area (Å²) in [6.07, 6.45) is 5.16. The SMILES string of the molecule is CCC1CCCC1(C#N)N=C=O. The van der Waals surface area contributed by atoms with Crippen LogP contribution in [0.25, 0.3) is 0 Å². The molecule has 64 valence electrons. The molecule has 0 spiro atoms. The predicted octanol–water partition coefficient (Wildman–Crippen LogP) is 1.79. The van der Waals surface area contributed by atoms with Crippen LogP contribution in [-0.2, 0) is 4.79 Å². The van der Waals surface area contributed by atoms with Crippen molar-refractivity contribution in [1.29, 1.82) is 5.26 Å². The molecule has 0 saturated heterocycles. The maximum Gasteiger partial charge on any atom is 0.236 e. The van der Waals surface area contributed by atoms with Crippen LogP contribution >= 0.6 is 0 Å². The van der Waals surface area contributed by atoms with Crippen LogP contribution in [0.2, 0.25) is 0 Å². The quantitative estimate of drug-likeness (QED) is 0.461. The molecule has 1 rings (SSSR count). The zero-order valence-corrected chi connectivity index (χ0v) is 7.21. The largest absolute Gasteiger partial charge is 0.236 e. The van der Waals surface area contributed by atoms with E-state index in [2.05, 4.69) is 11.1 Å². The molecule has 2 atom stereocenters. The van der Waals surface area contributed by atoms with Gasteiger partial charge < -0.3 is 0 Å². The Balaban J connectivity index is 2.92. The lowest BCUT2D eigenvalue weighted by Crippen LogP contribution is -2.28. The Bertz CT molecular complexity index is 250. The number of aliphatic imine (C=N–C) groups is 1. The Labute approximate surface area is 72.1 Å². The van der Waals surface area contributed by atoms with E-state index in [1.165, 1.54) is 6.08 Å². The Morgan fingerprint density at radius 2 is 2.50 bits per heavy atom. The minimum absolute atomic E-state index is 0.254. The number of isocyanates is 1. The van der Waals surface area contributed by atoms with Gasteiger partial charge in [0.25, 0.3) is 0 Å². The molecule has 1 fully saturated rings. The fourth-order valence-corrected chi connectivity index (χ4v) is 2.00. The molecule has 0 N–H and O–H groups in total. The normalized spacial score (nSPS) is 33.8. The molecule has 1 aliphatic rings. The summed E-state index contributed by atoms with van der Waals surface area (Å²) >= 11 is 0. The number of rotatable bonds is 2. The molecule has 0 aromatic rings. The summed E-state index contributed by atoms with van der Waals surface area (Å²) in [5.41, 5.74) is -0.740. The lowest BCUT2D eigenvalue weighted by atomic mass is 9.87. The highest BCUT2D eigenvalue weighted by Gasteiger charge is 2.42. The molecule has 3 heteroatoms. The molecule has 0 aromatic carbocycles. The summed E-state index contributed by atoms with van der Waals surface area (Å²) in [6, 6.07) is 2.15. The van der Waals surface area contributed by atoms with Gasteiger partial charge in [-0.3, -0.25) is 0 Å². The smallest absolute Gasteiger partial charge is 0.211 e. The summed E-state index contributed by atoms with van der Waals surface area (Å²) < 4.78 is 0. The highest BCUT2D eigenvalue weighted by molar-refractivity contribution is 5.37. The zero-order chi connectivity index (χ0) is 9.03. The number of hydrogen-bond acceptors (Lipinski definition) is 3. The summed E-state index contributed by atoms with van der Waals surface area (Å²) in [4.78, 5) is 13.8. The van der Waals surface area contributed by atoms with Gasteiger partial charge in [-0.15, -0.1) is 0 Å². The topological polar surface area (TPSA) is 53.2 Å². The molecule has 0 heterocycles. The molecule has 0 aromatic heterocycles. The number of hydrogen-bond donors (Lipinski definition) is 0. The Morgan fingerprint density at radius 1 is 1.75 bits per heavy atom. The average molecular weight is 164 g/mol. The summed E-state index contributed by atoms with van der Waals surface area (Å²) in [7, 11) is 0. The number of carbonyl (C=O) groups excluding carboxylic acids is 1. The number of nitrogens with zero attached hydrogens (tertiary/aromatic N) is 2. The lowest BCUT2D eigenvalue weighted by molar-refractivity contribution is 0.386. The number of nitriles is 1. The van der Waals surface area contributed by atoms with Gasteiger partial charge in [0.2, 0.25) is 6.08 Å². The van der Waals surface area contributed by atoms with Gasteiger partial charge in [-0.1, -0.05) is 6.92 Å². The molecule has 3 nitrogen and oxygen atoms in total. The van der Waals surface area contributed by atoms with Crippen LogP contribution in [0.5, 0.6) is 0 Å². The van der Waals surface area contributed by atoms with Crippen molar-refractivity contribution in [2.24, 2.45) is 10.9 Å². The fourth-order valence-electron chi connectivity index (χ4n) is 2.00. The first-order chi connectivity index (χ1) is 5.79. The lowest BCUT2D eigenvalue weighted by Gasteiger charge is -2.20. The van der Waals surface area contributed by atoms with Crippen molar-refractivity contribution in [1.82, 2.24) is 0 Å². The molecular weight excluding hydrogens is 152 g/mol. The van der Waals surface area contributed by atoms with Crippen molar-refractivity contribution in [3.8, 4) is 6.07 Å².